The molecule has 0 fully saturated rings. The van der Waals surface area contributed by atoms with Gasteiger partial charge in [-0.2, -0.15) is 0 Å². The fourth-order valence-corrected chi connectivity index (χ4v) is 2.66. The number of halogens is 1. The molecule has 1 unspecified atom stereocenters. The van der Waals surface area contributed by atoms with Crippen LogP contribution in [0.3, 0.4) is 0 Å². The van der Waals surface area contributed by atoms with Crippen molar-refractivity contribution in [1.29, 1.82) is 0 Å². The average molecular weight is 281 g/mol. The number of carbonyl (C=O) groups excluding carboxylic acids is 1. The summed E-state index contributed by atoms with van der Waals surface area (Å²) in [5, 5.41) is 2.01. The van der Waals surface area contributed by atoms with E-state index in [0.29, 0.717) is 17.2 Å². The molecule has 2 nitrogen and oxygen atoms in total. The predicted octanol–water partition coefficient (Wildman–Crippen LogP) is 4.31. The highest BCUT2D eigenvalue weighted by atomic mass is 35.5. The van der Waals surface area contributed by atoms with Gasteiger partial charge in [0.2, 0.25) is 0 Å². The van der Waals surface area contributed by atoms with Crippen molar-refractivity contribution in [3.8, 4) is 5.75 Å². The van der Waals surface area contributed by atoms with Crippen LogP contribution in [0.1, 0.15) is 27.8 Å². The Labute approximate surface area is 115 Å². The molecule has 0 saturated carbocycles. The molecule has 0 spiro atoms. The van der Waals surface area contributed by atoms with Crippen LogP contribution in [0, 0.1) is 0 Å². The van der Waals surface area contributed by atoms with Crippen molar-refractivity contribution in [2.75, 3.05) is 5.88 Å². The molecule has 1 aromatic heterocycles. The Morgan fingerprint density at radius 1 is 1.28 bits per heavy atom. The minimum absolute atomic E-state index is 0.0939. The Balaban J connectivity index is 2.21. The third-order valence-corrected chi connectivity index (χ3v) is 3.73. The van der Waals surface area contributed by atoms with Crippen LogP contribution in [0.5, 0.6) is 5.75 Å². The second-order valence-electron chi connectivity index (χ2n) is 3.76. The maximum Gasteiger partial charge on any atom is 0.153 e. The standard InChI is InChI=1S/C14H13ClO2S/c15-8-7-13(14-6-3-9-18-14)17-12-5-2-1-4-11(12)10-16/h1-6,9-10,13H,7-8H2. The molecule has 2 aromatic rings. The number of hydrogen-bond acceptors (Lipinski definition) is 3. The summed E-state index contributed by atoms with van der Waals surface area (Å²) < 4.78 is 5.92. The fourth-order valence-electron chi connectivity index (χ4n) is 1.67. The highest BCUT2D eigenvalue weighted by Gasteiger charge is 2.15. The van der Waals surface area contributed by atoms with Crippen LogP contribution < -0.4 is 4.74 Å². The predicted molar refractivity (Wildman–Crippen MR) is 74.9 cm³/mol. The maximum absolute atomic E-state index is 10.9. The van der Waals surface area contributed by atoms with Gasteiger partial charge in [-0.05, 0) is 23.6 Å². The van der Waals surface area contributed by atoms with E-state index >= 15 is 0 Å². The normalized spacial score (nSPS) is 12.1. The van der Waals surface area contributed by atoms with Crippen molar-refractivity contribution in [2.45, 2.75) is 12.5 Å². The Hall–Kier alpha value is -1.32. The summed E-state index contributed by atoms with van der Waals surface area (Å²) in [5.74, 6) is 1.13. The maximum atomic E-state index is 10.9. The van der Waals surface area contributed by atoms with Gasteiger partial charge in [-0.25, -0.2) is 0 Å². The fraction of sp³-hybridized carbons (Fsp3) is 0.214. The second kappa shape index (κ2) is 6.57. The first-order valence-corrected chi connectivity index (χ1v) is 7.07. The van der Waals surface area contributed by atoms with E-state index in [0.717, 1.165) is 17.6 Å². The monoisotopic (exact) mass is 280 g/mol. The summed E-state index contributed by atoms with van der Waals surface area (Å²) in [7, 11) is 0. The van der Waals surface area contributed by atoms with Gasteiger partial charge >= 0.3 is 0 Å². The van der Waals surface area contributed by atoms with E-state index < -0.39 is 0 Å². The molecule has 0 bridgehead atoms. The summed E-state index contributed by atoms with van der Waals surface area (Å²) in [6, 6.07) is 11.2. The van der Waals surface area contributed by atoms with E-state index in [4.69, 9.17) is 16.3 Å². The van der Waals surface area contributed by atoms with Crippen LogP contribution in [0.15, 0.2) is 41.8 Å². The number of ether oxygens (including phenoxy) is 1. The van der Waals surface area contributed by atoms with Gasteiger partial charge in [0, 0.05) is 17.2 Å². The Morgan fingerprint density at radius 2 is 2.11 bits per heavy atom. The number of aldehydes is 1. The van der Waals surface area contributed by atoms with Crippen molar-refractivity contribution in [3.05, 3.63) is 52.2 Å². The number of alkyl halides is 1. The number of para-hydroxylation sites is 1. The van der Waals surface area contributed by atoms with Gasteiger partial charge in [-0.1, -0.05) is 18.2 Å². The highest BCUT2D eigenvalue weighted by molar-refractivity contribution is 7.10. The molecule has 1 aromatic carbocycles. The summed E-state index contributed by atoms with van der Waals surface area (Å²) in [6.45, 7) is 0. The number of benzene rings is 1. The van der Waals surface area contributed by atoms with Crippen LogP contribution >= 0.6 is 22.9 Å². The zero-order valence-electron chi connectivity index (χ0n) is 9.71. The van der Waals surface area contributed by atoms with Crippen molar-refractivity contribution in [3.63, 3.8) is 0 Å². The molecule has 0 amide bonds. The lowest BCUT2D eigenvalue weighted by molar-refractivity contribution is 0.111. The van der Waals surface area contributed by atoms with Gasteiger partial charge in [0.25, 0.3) is 0 Å². The molecule has 4 heteroatoms. The van der Waals surface area contributed by atoms with Gasteiger partial charge in [0.1, 0.15) is 11.9 Å². The van der Waals surface area contributed by atoms with E-state index in [9.17, 15) is 4.79 Å². The first-order valence-electron chi connectivity index (χ1n) is 5.65. The summed E-state index contributed by atoms with van der Waals surface area (Å²) in [5.41, 5.74) is 0.564. The summed E-state index contributed by atoms with van der Waals surface area (Å²) in [4.78, 5) is 12.1. The molecule has 0 aliphatic rings. The summed E-state index contributed by atoms with van der Waals surface area (Å²) >= 11 is 7.44. The molecule has 0 radical (unpaired) electrons. The Bertz CT molecular complexity index is 496. The van der Waals surface area contributed by atoms with E-state index in [1.165, 1.54) is 0 Å². The third-order valence-electron chi connectivity index (χ3n) is 2.55. The largest absolute Gasteiger partial charge is 0.484 e. The van der Waals surface area contributed by atoms with Gasteiger partial charge < -0.3 is 4.74 Å². The number of rotatable bonds is 6. The van der Waals surface area contributed by atoms with Crippen LogP contribution in [-0.4, -0.2) is 12.2 Å². The van der Waals surface area contributed by atoms with Crippen LogP contribution in [0.2, 0.25) is 0 Å². The Kier molecular flexibility index (Phi) is 4.79. The van der Waals surface area contributed by atoms with E-state index in [-0.39, 0.29) is 6.10 Å². The Morgan fingerprint density at radius 3 is 2.78 bits per heavy atom. The molecule has 0 aliphatic carbocycles. The molecule has 1 heterocycles. The van der Waals surface area contributed by atoms with Crippen molar-refractivity contribution in [1.82, 2.24) is 0 Å². The molecule has 0 aliphatic heterocycles. The highest BCUT2D eigenvalue weighted by Crippen LogP contribution is 2.29. The zero-order chi connectivity index (χ0) is 12.8. The molecule has 2 rings (SSSR count). The molecule has 18 heavy (non-hydrogen) atoms. The van der Waals surface area contributed by atoms with Crippen LogP contribution in [-0.2, 0) is 0 Å². The third kappa shape index (κ3) is 3.12. The van der Waals surface area contributed by atoms with Crippen LogP contribution in [0.25, 0.3) is 0 Å². The minimum atomic E-state index is -0.0939. The van der Waals surface area contributed by atoms with Gasteiger partial charge in [0.05, 0.1) is 5.56 Å². The van der Waals surface area contributed by atoms with Gasteiger partial charge in [0.15, 0.2) is 6.29 Å². The SMILES string of the molecule is O=Cc1ccccc1OC(CCCl)c1cccs1. The van der Waals surface area contributed by atoms with Crippen molar-refractivity contribution >= 4 is 29.2 Å². The van der Waals surface area contributed by atoms with Gasteiger partial charge in [-0.15, -0.1) is 22.9 Å². The average Bonchev–Trinajstić information content (AvgIpc) is 2.92. The molecule has 0 saturated heterocycles. The summed E-state index contributed by atoms with van der Waals surface area (Å²) in [6.07, 6.45) is 1.43. The quantitative estimate of drug-likeness (QED) is 0.582. The van der Waals surface area contributed by atoms with Crippen molar-refractivity contribution in [2.24, 2.45) is 0 Å². The lowest BCUT2D eigenvalue weighted by Crippen LogP contribution is -2.08. The number of thiophene rings is 1. The van der Waals surface area contributed by atoms with Gasteiger partial charge in [-0.3, -0.25) is 4.79 Å². The molecule has 0 N–H and O–H groups in total. The van der Waals surface area contributed by atoms with E-state index in [1.807, 2.05) is 29.6 Å². The van der Waals surface area contributed by atoms with Crippen LogP contribution in [0.4, 0.5) is 0 Å². The molecular formula is C14H13ClO2S. The first kappa shape index (κ1) is 13.1. The van der Waals surface area contributed by atoms with Crippen molar-refractivity contribution < 1.29 is 9.53 Å². The van der Waals surface area contributed by atoms with E-state index in [1.54, 1.807) is 23.5 Å². The lowest BCUT2D eigenvalue weighted by Gasteiger charge is -2.18. The molecular weight excluding hydrogens is 268 g/mol. The number of carbonyl (C=O) groups is 1. The molecule has 1 atom stereocenters. The lowest BCUT2D eigenvalue weighted by atomic mass is 10.2. The first-order chi connectivity index (χ1) is 8.85. The molecule has 94 valence electrons. The number of hydrogen-bond donors (Lipinski definition) is 0. The minimum Gasteiger partial charge on any atom is -0.484 e. The zero-order valence-corrected chi connectivity index (χ0v) is 11.3. The second-order valence-corrected chi connectivity index (χ2v) is 5.11. The van der Waals surface area contributed by atoms with E-state index in [2.05, 4.69) is 0 Å². The smallest absolute Gasteiger partial charge is 0.153 e. The topological polar surface area (TPSA) is 26.3 Å².